The van der Waals surface area contributed by atoms with Gasteiger partial charge in [-0.1, -0.05) is 83.9 Å². The van der Waals surface area contributed by atoms with Gasteiger partial charge >= 0.3 is 5.97 Å². The molecule has 0 heterocycles. The monoisotopic (exact) mass is 434 g/mol. The van der Waals surface area contributed by atoms with Crippen molar-refractivity contribution in [2.75, 3.05) is 0 Å². The van der Waals surface area contributed by atoms with Crippen LogP contribution in [0.5, 0.6) is 5.75 Å². The van der Waals surface area contributed by atoms with Crippen molar-refractivity contribution in [1.29, 1.82) is 0 Å². The zero-order valence-corrected chi connectivity index (χ0v) is 19.4. The molecule has 33 heavy (non-hydrogen) atoms. The average molecular weight is 435 g/mol. The molecule has 4 rings (SSSR count). The number of benzene rings is 4. The van der Waals surface area contributed by atoms with Crippen molar-refractivity contribution in [3.63, 3.8) is 0 Å². The highest BCUT2D eigenvalue weighted by molar-refractivity contribution is 5.91. The molecule has 0 radical (unpaired) electrons. The van der Waals surface area contributed by atoms with Crippen LogP contribution in [0.4, 0.5) is 0 Å². The van der Waals surface area contributed by atoms with Gasteiger partial charge in [0.25, 0.3) is 0 Å². The molecule has 0 atom stereocenters. The van der Waals surface area contributed by atoms with Crippen LogP contribution in [0, 0.1) is 13.8 Å². The Morgan fingerprint density at radius 3 is 1.27 bits per heavy atom. The lowest BCUT2D eigenvalue weighted by molar-refractivity contribution is 0.0734. The topological polar surface area (TPSA) is 26.3 Å². The molecule has 0 aliphatic rings. The summed E-state index contributed by atoms with van der Waals surface area (Å²) in [5.41, 5.74) is 8.31. The van der Waals surface area contributed by atoms with Gasteiger partial charge in [0, 0.05) is 0 Å². The largest absolute Gasteiger partial charge is 0.423 e. The highest BCUT2D eigenvalue weighted by atomic mass is 16.5. The zero-order chi connectivity index (χ0) is 23.0. The van der Waals surface area contributed by atoms with Crippen molar-refractivity contribution in [3.05, 3.63) is 136 Å². The maximum Gasteiger partial charge on any atom is 0.343 e. The molecule has 0 N–H and O–H groups in total. The summed E-state index contributed by atoms with van der Waals surface area (Å²) in [5.74, 6) is 0.239. The molecule has 0 amide bonds. The van der Waals surface area contributed by atoms with Gasteiger partial charge in [-0.2, -0.15) is 0 Å². The first-order valence-electron chi connectivity index (χ1n) is 11.6. The van der Waals surface area contributed by atoms with Crippen molar-refractivity contribution in [2.24, 2.45) is 0 Å². The van der Waals surface area contributed by atoms with Gasteiger partial charge in [-0.05, 0) is 86.1 Å². The molecular weight excluding hydrogens is 404 g/mol. The van der Waals surface area contributed by atoms with E-state index in [-0.39, 0.29) is 5.97 Å². The molecule has 0 bridgehead atoms. The summed E-state index contributed by atoms with van der Waals surface area (Å²) in [5, 5.41) is 0. The van der Waals surface area contributed by atoms with E-state index in [1.807, 2.05) is 55.5 Å². The van der Waals surface area contributed by atoms with Gasteiger partial charge in [-0.25, -0.2) is 4.79 Å². The van der Waals surface area contributed by atoms with Gasteiger partial charge in [0.05, 0.1) is 5.56 Å². The summed E-state index contributed by atoms with van der Waals surface area (Å²) in [4.78, 5) is 12.4. The Balaban J connectivity index is 1.26. The number of rotatable bonds is 8. The Morgan fingerprint density at radius 2 is 0.848 bits per heavy atom. The minimum absolute atomic E-state index is 0.327. The van der Waals surface area contributed by atoms with E-state index >= 15 is 0 Å². The average Bonchev–Trinajstić information content (AvgIpc) is 2.85. The van der Waals surface area contributed by atoms with Crippen LogP contribution in [0.3, 0.4) is 0 Å². The highest BCUT2D eigenvalue weighted by Gasteiger charge is 2.08. The maximum absolute atomic E-state index is 12.4. The van der Waals surface area contributed by atoms with Crippen molar-refractivity contribution in [1.82, 2.24) is 0 Å². The Morgan fingerprint density at radius 1 is 0.515 bits per heavy atom. The number of carbonyl (C=O) groups is 1. The van der Waals surface area contributed by atoms with Gasteiger partial charge in [0.1, 0.15) is 5.75 Å². The van der Waals surface area contributed by atoms with Gasteiger partial charge in [0.2, 0.25) is 0 Å². The van der Waals surface area contributed by atoms with Gasteiger partial charge < -0.3 is 4.74 Å². The molecule has 0 saturated carbocycles. The summed E-state index contributed by atoms with van der Waals surface area (Å²) >= 11 is 0. The van der Waals surface area contributed by atoms with E-state index in [0.717, 1.165) is 31.2 Å². The zero-order valence-electron chi connectivity index (χ0n) is 19.4. The summed E-state index contributed by atoms with van der Waals surface area (Å²) in [6, 6.07) is 33.0. The normalized spacial score (nSPS) is 10.7. The first-order valence-corrected chi connectivity index (χ1v) is 11.6. The lowest BCUT2D eigenvalue weighted by Gasteiger charge is -2.07. The van der Waals surface area contributed by atoms with Gasteiger partial charge in [-0.15, -0.1) is 0 Å². The Hall–Kier alpha value is -3.65. The number of ether oxygens (including phenoxy) is 1. The van der Waals surface area contributed by atoms with E-state index in [4.69, 9.17) is 4.74 Å². The van der Waals surface area contributed by atoms with Crippen molar-refractivity contribution < 1.29 is 9.53 Å². The number of esters is 1. The predicted molar refractivity (Wildman–Crippen MR) is 135 cm³/mol. The molecule has 166 valence electrons. The molecule has 0 aromatic heterocycles. The van der Waals surface area contributed by atoms with Gasteiger partial charge in [0.15, 0.2) is 0 Å². The third kappa shape index (κ3) is 6.66. The predicted octanol–water partition coefficient (Wildman–Crippen LogP) is 7.09. The molecule has 0 fully saturated rings. The minimum Gasteiger partial charge on any atom is -0.423 e. The van der Waals surface area contributed by atoms with Gasteiger partial charge in [-0.3, -0.25) is 0 Å². The highest BCUT2D eigenvalue weighted by Crippen LogP contribution is 2.16. The summed E-state index contributed by atoms with van der Waals surface area (Å²) in [6.07, 6.45) is 4.04. The van der Waals surface area contributed by atoms with E-state index in [1.54, 1.807) is 0 Å². The molecule has 0 saturated heterocycles. The summed E-state index contributed by atoms with van der Waals surface area (Å²) in [7, 11) is 0. The fraction of sp³-hybridized carbons (Fsp3) is 0.194. The van der Waals surface area contributed by atoms with Crippen LogP contribution in [0.15, 0.2) is 97.1 Å². The maximum atomic E-state index is 12.4. The first-order chi connectivity index (χ1) is 16.0. The second-order valence-corrected chi connectivity index (χ2v) is 8.70. The third-order valence-electron chi connectivity index (χ3n) is 5.97. The molecule has 2 heteroatoms. The third-order valence-corrected chi connectivity index (χ3v) is 5.97. The fourth-order valence-electron chi connectivity index (χ4n) is 3.78. The molecule has 0 unspecified atom stereocenters. The van der Waals surface area contributed by atoms with Crippen LogP contribution in [0.25, 0.3) is 0 Å². The summed E-state index contributed by atoms with van der Waals surface area (Å²) in [6.45, 7) is 4.13. The van der Waals surface area contributed by atoms with Crippen LogP contribution in [0.2, 0.25) is 0 Å². The number of hydrogen-bond donors (Lipinski definition) is 0. The molecule has 0 aliphatic carbocycles. The minimum atomic E-state index is -0.327. The smallest absolute Gasteiger partial charge is 0.343 e. The summed E-state index contributed by atoms with van der Waals surface area (Å²) < 4.78 is 5.45. The van der Waals surface area contributed by atoms with Crippen LogP contribution >= 0.6 is 0 Å². The Kier molecular flexibility index (Phi) is 7.36. The number of carbonyl (C=O) groups excluding carboxylic acids is 1. The second-order valence-electron chi connectivity index (χ2n) is 8.70. The molecular formula is C31H30O2. The molecule has 2 nitrogen and oxygen atoms in total. The lowest BCUT2D eigenvalue weighted by Crippen LogP contribution is -2.08. The van der Waals surface area contributed by atoms with E-state index < -0.39 is 0 Å². The molecule has 0 aliphatic heterocycles. The van der Waals surface area contributed by atoms with E-state index in [2.05, 4.69) is 55.5 Å². The lowest BCUT2D eigenvalue weighted by atomic mass is 9.99. The van der Waals surface area contributed by atoms with E-state index in [9.17, 15) is 4.79 Å². The number of hydrogen-bond acceptors (Lipinski definition) is 2. The first kappa shape index (κ1) is 22.5. The van der Waals surface area contributed by atoms with Crippen LogP contribution < -0.4 is 4.74 Å². The quantitative estimate of drug-likeness (QED) is 0.218. The van der Waals surface area contributed by atoms with Crippen molar-refractivity contribution >= 4 is 5.97 Å². The standard InChI is InChI=1S/C31H30O2/c1-23-3-7-25(8-4-23)9-10-26-11-13-27(14-12-26)15-16-28-17-19-29(20-18-28)31(32)33-30-21-5-24(2)6-22-30/h3-8,11-14,17-22H,9-10,15-16H2,1-2H3. The SMILES string of the molecule is Cc1ccc(CCc2ccc(CCc3ccc(C(=O)Oc4ccc(C)cc4)cc3)cc2)cc1. The molecule has 0 spiro atoms. The fourth-order valence-corrected chi connectivity index (χ4v) is 3.78. The molecule has 4 aromatic rings. The number of aryl methyl sites for hydroxylation is 6. The Bertz CT molecular complexity index is 1170. The van der Waals surface area contributed by atoms with E-state index in [0.29, 0.717) is 11.3 Å². The second kappa shape index (κ2) is 10.8. The van der Waals surface area contributed by atoms with Crippen molar-refractivity contribution in [3.8, 4) is 5.75 Å². The van der Waals surface area contributed by atoms with Crippen LogP contribution in [0.1, 0.15) is 43.7 Å². The van der Waals surface area contributed by atoms with Crippen molar-refractivity contribution in [2.45, 2.75) is 39.5 Å². The van der Waals surface area contributed by atoms with E-state index in [1.165, 1.54) is 27.8 Å². The Labute approximate surface area is 196 Å². The van der Waals surface area contributed by atoms with Crippen LogP contribution in [-0.4, -0.2) is 5.97 Å². The molecule has 4 aromatic carbocycles. The van der Waals surface area contributed by atoms with Crippen LogP contribution in [-0.2, 0) is 25.7 Å².